The monoisotopic (exact) mass is 269 g/mol. The molecule has 96 valence electrons. The molecule has 0 heterocycles. The van der Waals surface area contributed by atoms with E-state index in [2.05, 4.69) is 5.32 Å². The third kappa shape index (κ3) is 7.28. The van der Waals surface area contributed by atoms with E-state index in [1.54, 1.807) is 0 Å². The number of nitrogens with one attached hydrogen (secondary N) is 1. The van der Waals surface area contributed by atoms with E-state index in [-0.39, 0.29) is 11.7 Å². The maximum absolute atomic E-state index is 12.1. The van der Waals surface area contributed by atoms with Crippen molar-refractivity contribution in [1.82, 2.24) is 5.32 Å². The minimum absolute atomic E-state index is 0.0845. The lowest BCUT2D eigenvalue weighted by molar-refractivity contribution is -0.118. The Bertz CT molecular complexity index is 238. The zero-order chi connectivity index (χ0) is 12.4. The molecule has 0 atom stereocenters. The average Bonchev–Trinajstić information content (AvgIpc) is 2.31. The molecule has 0 unspecified atom stereocenters. The van der Waals surface area contributed by atoms with Crippen LogP contribution in [0, 0.1) is 0 Å². The molecule has 16 heavy (non-hydrogen) atoms. The van der Waals surface area contributed by atoms with Crippen molar-refractivity contribution in [3.8, 4) is 0 Å². The molecular formula is C9H20NO4PS. The van der Waals surface area contributed by atoms with Gasteiger partial charge in [0.2, 0.25) is 5.91 Å². The summed E-state index contributed by atoms with van der Waals surface area (Å²) in [6.07, 6.45) is 1.53. The Labute approximate surface area is 101 Å². The van der Waals surface area contributed by atoms with Crippen LogP contribution in [0.15, 0.2) is 0 Å². The van der Waals surface area contributed by atoms with Crippen molar-refractivity contribution in [1.29, 1.82) is 0 Å². The van der Waals surface area contributed by atoms with Gasteiger partial charge in [-0.15, -0.1) is 0 Å². The first-order valence-corrected chi connectivity index (χ1v) is 8.45. The predicted molar refractivity (Wildman–Crippen MR) is 66.6 cm³/mol. The van der Waals surface area contributed by atoms with Gasteiger partial charge < -0.3 is 14.4 Å². The fourth-order valence-corrected chi connectivity index (χ4v) is 3.90. The van der Waals surface area contributed by atoms with Crippen molar-refractivity contribution in [3.05, 3.63) is 0 Å². The first-order valence-electron chi connectivity index (χ1n) is 5.32. The van der Waals surface area contributed by atoms with Crippen LogP contribution in [0.1, 0.15) is 26.7 Å². The number of rotatable bonds is 9. The average molecular weight is 269 g/mol. The van der Waals surface area contributed by atoms with E-state index in [1.165, 1.54) is 7.05 Å². The van der Waals surface area contributed by atoms with Crippen molar-refractivity contribution in [2.75, 3.05) is 26.0 Å². The van der Waals surface area contributed by atoms with Gasteiger partial charge in [0.05, 0.1) is 19.0 Å². The van der Waals surface area contributed by atoms with Crippen molar-refractivity contribution in [2.24, 2.45) is 0 Å². The minimum Gasteiger partial charge on any atom is -0.358 e. The Kier molecular flexibility index (Phi) is 9.03. The van der Waals surface area contributed by atoms with Gasteiger partial charge in [0.15, 0.2) is 0 Å². The van der Waals surface area contributed by atoms with E-state index >= 15 is 0 Å². The molecule has 1 N–H and O–H groups in total. The summed E-state index contributed by atoms with van der Waals surface area (Å²) in [4.78, 5) is 11.0. The highest BCUT2D eigenvalue weighted by Crippen LogP contribution is 2.60. The van der Waals surface area contributed by atoms with Crippen LogP contribution in [-0.2, 0) is 18.4 Å². The Balaban J connectivity index is 4.17. The first kappa shape index (κ1) is 16.0. The van der Waals surface area contributed by atoms with Crippen LogP contribution in [0.4, 0.5) is 0 Å². The zero-order valence-corrected chi connectivity index (χ0v) is 11.7. The highest BCUT2D eigenvalue weighted by atomic mass is 32.7. The molecule has 0 rings (SSSR count). The molecule has 0 aliphatic rings. The van der Waals surface area contributed by atoms with Gasteiger partial charge in [0.1, 0.15) is 0 Å². The molecule has 0 aliphatic carbocycles. The summed E-state index contributed by atoms with van der Waals surface area (Å²) in [6.45, 7) is 1.44. The summed E-state index contributed by atoms with van der Waals surface area (Å²) in [6, 6.07) is 0. The van der Waals surface area contributed by atoms with Crippen LogP contribution in [0.5, 0.6) is 0 Å². The molecule has 0 aromatic heterocycles. The second-order valence-electron chi connectivity index (χ2n) is 3.06. The van der Waals surface area contributed by atoms with E-state index in [9.17, 15) is 9.36 Å². The van der Waals surface area contributed by atoms with Crippen molar-refractivity contribution < 1.29 is 18.4 Å². The fraction of sp³-hybridized carbons (Fsp3) is 0.889. The van der Waals surface area contributed by atoms with Gasteiger partial charge >= 0.3 is 6.80 Å². The molecule has 0 radical (unpaired) electrons. The van der Waals surface area contributed by atoms with Crippen LogP contribution in [-0.4, -0.2) is 31.9 Å². The van der Waals surface area contributed by atoms with Crippen molar-refractivity contribution in [3.63, 3.8) is 0 Å². The number of hydrogen-bond donors (Lipinski definition) is 1. The van der Waals surface area contributed by atoms with Gasteiger partial charge in [-0.1, -0.05) is 13.8 Å². The Morgan fingerprint density at radius 3 is 2.12 bits per heavy atom. The second-order valence-corrected chi connectivity index (χ2v) is 7.13. The van der Waals surface area contributed by atoms with Crippen LogP contribution >= 0.6 is 18.2 Å². The lowest BCUT2D eigenvalue weighted by atomic mass is 10.5. The normalized spacial score (nSPS) is 11.4. The van der Waals surface area contributed by atoms with Crippen LogP contribution in [0.2, 0.25) is 0 Å². The molecule has 0 spiro atoms. The van der Waals surface area contributed by atoms with E-state index in [1.807, 2.05) is 13.8 Å². The maximum atomic E-state index is 12.1. The second kappa shape index (κ2) is 9.05. The van der Waals surface area contributed by atoms with Gasteiger partial charge in [0.25, 0.3) is 0 Å². The maximum Gasteiger partial charge on any atom is 0.389 e. The van der Waals surface area contributed by atoms with Gasteiger partial charge in [-0.2, -0.15) is 0 Å². The van der Waals surface area contributed by atoms with Crippen molar-refractivity contribution >= 4 is 24.1 Å². The lowest BCUT2D eigenvalue weighted by Crippen LogP contribution is -2.19. The third-order valence-electron chi connectivity index (χ3n) is 1.54. The molecule has 0 fully saturated rings. The standard InChI is InChI=1S/C9H20NO4PS/c1-4-6-13-15(12,14-7-5-2)16-8-9(11)10-3/h4-8H2,1-3H3,(H,10,11). The van der Waals surface area contributed by atoms with Gasteiger partial charge in [-0.25, -0.2) is 4.57 Å². The molecule has 1 amide bonds. The Hall–Kier alpha value is -0.0300. The summed E-state index contributed by atoms with van der Waals surface area (Å²) in [5.41, 5.74) is 0. The Morgan fingerprint density at radius 2 is 1.75 bits per heavy atom. The highest BCUT2D eigenvalue weighted by Gasteiger charge is 2.26. The van der Waals surface area contributed by atoms with Gasteiger partial charge in [-0.3, -0.25) is 4.79 Å². The van der Waals surface area contributed by atoms with Crippen LogP contribution in [0.25, 0.3) is 0 Å². The topological polar surface area (TPSA) is 64.6 Å². The molecular weight excluding hydrogens is 249 g/mol. The Morgan fingerprint density at radius 1 is 1.25 bits per heavy atom. The SMILES string of the molecule is CCCOP(=O)(OCCC)SCC(=O)NC. The number of hydrogen-bond acceptors (Lipinski definition) is 5. The summed E-state index contributed by atoms with van der Waals surface area (Å²) in [5.74, 6) is -0.105. The zero-order valence-electron chi connectivity index (χ0n) is 10.0. The minimum atomic E-state index is -3.16. The highest BCUT2D eigenvalue weighted by molar-refractivity contribution is 8.55. The number of carbonyl (C=O) groups excluding carboxylic acids is 1. The first-order chi connectivity index (χ1) is 7.58. The number of amides is 1. The molecule has 0 saturated carbocycles. The molecule has 0 aromatic rings. The van der Waals surface area contributed by atoms with E-state index < -0.39 is 6.80 Å². The molecule has 0 aromatic carbocycles. The third-order valence-corrected chi connectivity index (χ3v) is 5.21. The molecule has 0 saturated heterocycles. The van der Waals surface area contributed by atoms with E-state index in [0.29, 0.717) is 13.2 Å². The smallest absolute Gasteiger partial charge is 0.358 e. The largest absolute Gasteiger partial charge is 0.389 e. The molecule has 0 aliphatic heterocycles. The summed E-state index contributed by atoms with van der Waals surface area (Å²) < 4.78 is 22.5. The predicted octanol–water partition coefficient (Wildman–Crippen LogP) is 2.43. The summed E-state index contributed by atoms with van der Waals surface area (Å²) in [7, 11) is 1.54. The molecule has 0 bridgehead atoms. The van der Waals surface area contributed by atoms with Crippen LogP contribution < -0.4 is 5.32 Å². The van der Waals surface area contributed by atoms with E-state index in [4.69, 9.17) is 9.05 Å². The fourth-order valence-electron chi connectivity index (χ4n) is 0.728. The lowest BCUT2D eigenvalue weighted by Gasteiger charge is -2.16. The quantitative estimate of drug-likeness (QED) is 0.651. The molecule has 7 heteroatoms. The summed E-state index contributed by atoms with van der Waals surface area (Å²) in [5, 5.41) is 2.46. The van der Waals surface area contributed by atoms with Gasteiger partial charge in [-0.05, 0) is 24.2 Å². The van der Waals surface area contributed by atoms with Gasteiger partial charge in [0, 0.05) is 7.05 Å². The number of carbonyl (C=O) groups is 1. The van der Waals surface area contributed by atoms with E-state index in [0.717, 1.165) is 24.2 Å². The molecule has 5 nitrogen and oxygen atoms in total. The van der Waals surface area contributed by atoms with Crippen molar-refractivity contribution in [2.45, 2.75) is 26.7 Å². The van der Waals surface area contributed by atoms with Crippen LogP contribution in [0.3, 0.4) is 0 Å². The summed E-state index contributed by atoms with van der Waals surface area (Å²) >= 11 is 0.936.